The summed E-state index contributed by atoms with van der Waals surface area (Å²) < 4.78 is 0. The minimum Gasteiger partial charge on any atom is -0.480 e. The van der Waals surface area contributed by atoms with Gasteiger partial charge in [0.1, 0.15) is 6.04 Å². The first-order valence-electron chi connectivity index (χ1n) is 6.04. The highest BCUT2D eigenvalue weighted by Gasteiger charge is 2.25. The van der Waals surface area contributed by atoms with Crippen LogP contribution in [0.5, 0.6) is 0 Å². The number of hydrogen-bond donors (Lipinski definition) is 1. The van der Waals surface area contributed by atoms with Crippen molar-refractivity contribution in [3.63, 3.8) is 0 Å². The number of hydrogen-bond acceptors (Lipinski definition) is 2. The molecule has 0 saturated heterocycles. The highest BCUT2D eigenvalue weighted by molar-refractivity contribution is 5.82. The highest BCUT2D eigenvalue weighted by atomic mass is 16.4. The first-order valence-corrected chi connectivity index (χ1v) is 6.04. The van der Waals surface area contributed by atoms with E-state index in [0.29, 0.717) is 13.0 Å². The van der Waals surface area contributed by atoms with Gasteiger partial charge in [-0.3, -0.25) is 4.79 Å². The smallest absolute Gasteiger partial charge is 0.326 e. The van der Waals surface area contributed by atoms with Gasteiger partial charge in [-0.05, 0) is 13.3 Å². The Morgan fingerprint density at radius 2 is 1.81 bits per heavy atom. The zero-order valence-corrected chi connectivity index (χ0v) is 10.5. The molecular formula is C12H23NO3. The molecule has 0 fully saturated rings. The fourth-order valence-electron chi connectivity index (χ4n) is 1.84. The van der Waals surface area contributed by atoms with Crippen LogP contribution in [0.2, 0.25) is 0 Å². The van der Waals surface area contributed by atoms with Crippen molar-refractivity contribution in [1.82, 2.24) is 4.90 Å². The Morgan fingerprint density at radius 1 is 1.19 bits per heavy atom. The summed E-state index contributed by atoms with van der Waals surface area (Å²) in [4.78, 5) is 23.8. The summed E-state index contributed by atoms with van der Waals surface area (Å²) in [6.45, 7) is 5.80. The van der Waals surface area contributed by atoms with E-state index in [1.54, 1.807) is 0 Å². The number of unbranched alkanes of at least 4 members (excludes halogenated alkanes) is 3. The van der Waals surface area contributed by atoms with Crippen LogP contribution < -0.4 is 0 Å². The molecule has 94 valence electrons. The van der Waals surface area contributed by atoms with Gasteiger partial charge in [-0.2, -0.15) is 0 Å². The lowest BCUT2D eigenvalue weighted by Gasteiger charge is -2.26. The zero-order chi connectivity index (χ0) is 12.6. The maximum absolute atomic E-state index is 11.3. The number of aliphatic carboxylic acids is 1. The van der Waals surface area contributed by atoms with Crippen LogP contribution in [0.15, 0.2) is 0 Å². The summed E-state index contributed by atoms with van der Waals surface area (Å²) in [6.07, 6.45) is 4.72. The molecule has 0 heterocycles. The van der Waals surface area contributed by atoms with E-state index in [1.165, 1.54) is 11.8 Å². The van der Waals surface area contributed by atoms with Crippen LogP contribution in [-0.2, 0) is 9.59 Å². The molecule has 0 aromatic carbocycles. The van der Waals surface area contributed by atoms with E-state index in [1.807, 2.05) is 6.92 Å². The van der Waals surface area contributed by atoms with Crippen molar-refractivity contribution in [2.24, 2.45) is 0 Å². The molecule has 0 aliphatic rings. The second-order valence-corrected chi connectivity index (χ2v) is 4.01. The Kier molecular flexibility index (Phi) is 7.60. The maximum Gasteiger partial charge on any atom is 0.326 e. The lowest BCUT2D eigenvalue weighted by molar-refractivity contribution is -0.149. The van der Waals surface area contributed by atoms with E-state index in [2.05, 4.69) is 6.92 Å². The summed E-state index contributed by atoms with van der Waals surface area (Å²) in [5.74, 6) is -1.06. The standard InChI is InChI=1S/C12H23NO3/c1-4-6-7-8-9-11(12(15)16)13(5-2)10(3)14/h11H,4-9H2,1-3H3,(H,15,16). The third-order valence-electron chi connectivity index (χ3n) is 2.74. The molecule has 1 N–H and O–H groups in total. The average Bonchev–Trinajstić information content (AvgIpc) is 2.21. The van der Waals surface area contributed by atoms with Gasteiger partial charge >= 0.3 is 5.97 Å². The van der Waals surface area contributed by atoms with Crippen LogP contribution >= 0.6 is 0 Å². The second kappa shape index (κ2) is 8.13. The van der Waals surface area contributed by atoms with E-state index in [0.717, 1.165) is 25.7 Å². The van der Waals surface area contributed by atoms with Gasteiger partial charge < -0.3 is 10.0 Å². The van der Waals surface area contributed by atoms with Crippen molar-refractivity contribution < 1.29 is 14.7 Å². The SMILES string of the molecule is CCCCCCC(C(=O)O)N(CC)C(C)=O. The summed E-state index contributed by atoms with van der Waals surface area (Å²) in [6, 6.07) is -0.653. The molecule has 1 atom stereocenters. The molecule has 1 unspecified atom stereocenters. The van der Waals surface area contributed by atoms with E-state index in [9.17, 15) is 9.59 Å². The van der Waals surface area contributed by atoms with Crippen LogP contribution in [0.3, 0.4) is 0 Å². The number of likely N-dealkylation sites (N-methyl/N-ethyl adjacent to an activating group) is 1. The van der Waals surface area contributed by atoms with Crippen molar-refractivity contribution in [3.8, 4) is 0 Å². The molecule has 0 radical (unpaired) electrons. The Balaban J connectivity index is 4.25. The third-order valence-corrected chi connectivity index (χ3v) is 2.74. The Bertz CT molecular complexity index is 228. The summed E-state index contributed by atoms with van der Waals surface area (Å²) >= 11 is 0. The number of amides is 1. The van der Waals surface area contributed by atoms with Crippen molar-refractivity contribution >= 4 is 11.9 Å². The fourth-order valence-corrected chi connectivity index (χ4v) is 1.84. The Hall–Kier alpha value is -1.06. The van der Waals surface area contributed by atoms with Crippen LogP contribution in [0.1, 0.15) is 52.9 Å². The predicted octanol–water partition coefficient (Wildman–Crippen LogP) is 2.28. The summed E-state index contributed by atoms with van der Waals surface area (Å²) in [5, 5.41) is 9.09. The lowest BCUT2D eigenvalue weighted by atomic mass is 10.1. The largest absolute Gasteiger partial charge is 0.480 e. The first kappa shape index (κ1) is 14.9. The van der Waals surface area contributed by atoms with Gasteiger partial charge in [0.05, 0.1) is 0 Å². The van der Waals surface area contributed by atoms with Crippen molar-refractivity contribution in [2.75, 3.05) is 6.54 Å². The molecule has 0 aliphatic heterocycles. The number of carbonyl (C=O) groups is 2. The number of nitrogens with zero attached hydrogens (tertiary/aromatic N) is 1. The molecule has 1 amide bonds. The van der Waals surface area contributed by atoms with E-state index in [-0.39, 0.29) is 5.91 Å². The maximum atomic E-state index is 11.3. The number of carboxylic acids is 1. The Labute approximate surface area is 97.6 Å². The lowest BCUT2D eigenvalue weighted by Crippen LogP contribution is -2.43. The Morgan fingerprint density at radius 3 is 2.19 bits per heavy atom. The minimum atomic E-state index is -0.895. The average molecular weight is 229 g/mol. The van der Waals surface area contributed by atoms with Crippen LogP contribution in [0, 0.1) is 0 Å². The van der Waals surface area contributed by atoms with Gasteiger partial charge in [0.15, 0.2) is 0 Å². The quantitative estimate of drug-likeness (QED) is 0.650. The molecule has 0 rings (SSSR count). The van der Waals surface area contributed by atoms with E-state index in [4.69, 9.17) is 5.11 Å². The molecule has 4 heteroatoms. The normalized spacial score (nSPS) is 12.2. The third kappa shape index (κ3) is 5.14. The van der Waals surface area contributed by atoms with Crippen molar-refractivity contribution in [1.29, 1.82) is 0 Å². The second-order valence-electron chi connectivity index (χ2n) is 4.01. The van der Waals surface area contributed by atoms with Gasteiger partial charge in [-0.15, -0.1) is 0 Å². The molecule has 0 aromatic rings. The highest BCUT2D eigenvalue weighted by Crippen LogP contribution is 2.11. The number of carboxylic acid groups (broad SMARTS) is 1. The fraction of sp³-hybridized carbons (Fsp3) is 0.833. The first-order chi connectivity index (χ1) is 7.54. The summed E-state index contributed by atoms with van der Waals surface area (Å²) in [7, 11) is 0. The van der Waals surface area contributed by atoms with E-state index >= 15 is 0 Å². The minimum absolute atomic E-state index is 0.162. The van der Waals surface area contributed by atoms with Gasteiger partial charge in [-0.25, -0.2) is 4.79 Å². The van der Waals surface area contributed by atoms with Crippen molar-refractivity contribution in [2.45, 2.75) is 58.9 Å². The van der Waals surface area contributed by atoms with Gasteiger partial charge in [0, 0.05) is 13.5 Å². The number of carbonyl (C=O) groups excluding carboxylic acids is 1. The molecular weight excluding hydrogens is 206 g/mol. The molecule has 0 aromatic heterocycles. The van der Waals surface area contributed by atoms with Crippen LogP contribution in [-0.4, -0.2) is 34.5 Å². The zero-order valence-electron chi connectivity index (χ0n) is 10.5. The van der Waals surface area contributed by atoms with Crippen LogP contribution in [0.4, 0.5) is 0 Å². The van der Waals surface area contributed by atoms with Crippen LogP contribution in [0.25, 0.3) is 0 Å². The number of rotatable bonds is 8. The van der Waals surface area contributed by atoms with Gasteiger partial charge in [0.25, 0.3) is 0 Å². The summed E-state index contributed by atoms with van der Waals surface area (Å²) in [5.41, 5.74) is 0. The monoisotopic (exact) mass is 229 g/mol. The predicted molar refractivity (Wildman–Crippen MR) is 63.2 cm³/mol. The molecule has 0 bridgehead atoms. The molecule has 16 heavy (non-hydrogen) atoms. The van der Waals surface area contributed by atoms with E-state index < -0.39 is 12.0 Å². The topological polar surface area (TPSA) is 57.6 Å². The molecule has 0 aliphatic carbocycles. The molecule has 0 spiro atoms. The van der Waals surface area contributed by atoms with Gasteiger partial charge in [-0.1, -0.05) is 32.6 Å². The molecule has 4 nitrogen and oxygen atoms in total. The van der Waals surface area contributed by atoms with Gasteiger partial charge in [0.2, 0.25) is 5.91 Å². The molecule has 0 saturated carbocycles. The van der Waals surface area contributed by atoms with Crippen molar-refractivity contribution in [3.05, 3.63) is 0 Å².